The van der Waals surface area contributed by atoms with Gasteiger partial charge in [-0.1, -0.05) is 10.9 Å². The molecule has 2 aromatic heterocycles. The molecule has 0 unspecified atom stereocenters. The summed E-state index contributed by atoms with van der Waals surface area (Å²) in [6.45, 7) is 0.519. The van der Waals surface area contributed by atoms with Crippen LogP contribution >= 0.6 is 0 Å². The van der Waals surface area contributed by atoms with Gasteiger partial charge in [-0.3, -0.25) is 10.4 Å². The fourth-order valence-electron chi connectivity index (χ4n) is 1.19. The molecule has 3 N–H and O–H groups in total. The molecule has 0 aliphatic rings. The normalized spacial score (nSPS) is 10.0. The molecule has 0 aromatic carbocycles. The summed E-state index contributed by atoms with van der Waals surface area (Å²) in [4.78, 5) is 4.65. The molecule has 0 saturated heterocycles. The minimum atomic E-state index is -0.0663. The fourth-order valence-corrected chi connectivity index (χ4v) is 1.19. The molecule has 0 fully saturated rings. The molecule has 2 aromatic rings. The lowest BCUT2D eigenvalue weighted by atomic mass is 10.3. The monoisotopic (exact) mass is 217 g/mol. The Morgan fingerprint density at radius 3 is 2.88 bits per heavy atom. The molecule has 16 heavy (non-hydrogen) atoms. The average molecular weight is 217 g/mol. The maximum atomic E-state index is 9.16. The van der Waals surface area contributed by atoms with E-state index in [2.05, 4.69) is 15.4 Å². The van der Waals surface area contributed by atoms with Crippen molar-refractivity contribution in [1.82, 2.24) is 14.9 Å². The summed E-state index contributed by atoms with van der Waals surface area (Å²) >= 11 is 0. The zero-order chi connectivity index (χ0) is 11.4. The second-order valence-electron chi connectivity index (χ2n) is 3.17. The van der Waals surface area contributed by atoms with Gasteiger partial charge in [-0.15, -0.1) is 5.10 Å². The maximum Gasteiger partial charge on any atom is 0.182 e. The van der Waals surface area contributed by atoms with Crippen LogP contribution in [0.15, 0.2) is 36.5 Å². The molecule has 2 heterocycles. The van der Waals surface area contributed by atoms with Crippen LogP contribution in [0, 0.1) is 5.41 Å². The van der Waals surface area contributed by atoms with Crippen LogP contribution in [-0.2, 0) is 6.54 Å². The van der Waals surface area contributed by atoms with E-state index in [-0.39, 0.29) is 5.49 Å². The van der Waals surface area contributed by atoms with Crippen molar-refractivity contribution in [3.63, 3.8) is 0 Å². The van der Waals surface area contributed by atoms with E-state index in [4.69, 9.17) is 10.6 Å². The highest BCUT2D eigenvalue weighted by molar-refractivity contribution is 5.32. The third kappa shape index (κ3) is 2.35. The fraction of sp³-hybridized carbons (Fsp3) is 0.100. The first-order valence-corrected chi connectivity index (χ1v) is 4.74. The second-order valence-corrected chi connectivity index (χ2v) is 3.17. The first kappa shape index (κ1) is 10.2. The highest BCUT2D eigenvalue weighted by atomic mass is 16.5. The van der Waals surface area contributed by atoms with E-state index in [0.29, 0.717) is 17.2 Å². The molecule has 0 saturated carbocycles. The third-order valence-electron chi connectivity index (χ3n) is 1.99. The van der Waals surface area contributed by atoms with Crippen LogP contribution in [0.3, 0.4) is 0 Å². The Kier molecular flexibility index (Phi) is 2.81. The van der Waals surface area contributed by atoms with Gasteiger partial charge in [0.15, 0.2) is 5.49 Å². The zero-order valence-corrected chi connectivity index (χ0v) is 8.46. The van der Waals surface area contributed by atoms with E-state index in [9.17, 15) is 0 Å². The molecular weight excluding hydrogens is 206 g/mol. The summed E-state index contributed by atoms with van der Waals surface area (Å²) in [5.74, 6) is 0.490. The standard InChI is InChI=1S/C10H11N5O/c11-9-4-5-10(14-15(9)16)13-7-8-3-1-2-6-12-8/h1-6,11,16H,7H2,(H,13,14). The molecule has 82 valence electrons. The van der Waals surface area contributed by atoms with Gasteiger partial charge >= 0.3 is 0 Å². The Hall–Kier alpha value is -2.37. The molecule has 6 heteroatoms. The van der Waals surface area contributed by atoms with E-state index < -0.39 is 0 Å². The predicted octanol–water partition coefficient (Wildman–Crippen LogP) is 0.607. The lowest BCUT2D eigenvalue weighted by molar-refractivity contribution is 0.131. The van der Waals surface area contributed by atoms with Gasteiger partial charge in [0.05, 0.1) is 12.2 Å². The summed E-state index contributed by atoms with van der Waals surface area (Å²) in [6, 6.07) is 8.71. The summed E-state index contributed by atoms with van der Waals surface area (Å²) in [5.41, 5.74) is 0.812. The SMILES string of the molecule is N=c1ccc(NCc2ccccn2)nn1O. The van der Waals surface area contributed by atoms with Gasteiger partial charge in [-0.2, -0.15) is 0 Å². The summed E-state index contributed by atoms with van der Waals surface area (Å²) < 4.78 is 0. The molecule has 0 aliphatic heterocycles. The van der Waals surface area contributed by atoms with Gasteiger partial charge in [0.2, 0.25) is 0 Å². The Balaban J connectivity index is 2.05. The third-order valence-corrected chi connectivity index (χ3v) is 1.99. The number of anilines is 1. The quantitative estimate of drug-likeness (QED) is 0.657. The topological polar surface area (TPSA) is 86.8 Å². The highest BCUT2D eigenvalue weighted by Gasteiger charge is 1.97. The number of pyridine rings is 1. The van der Waals surface area contributed by atoms with Crippen LogP contribution in [0.2, 0.25) is 0 Å². The Labute approximate surface area is 91.7 Å². The molecular formula is C10H11N5O. The van der Waals surface area contributed by atoms with Crippen LogP contribution in [0.25, 0.3) is 0 Å². The van der Waals surface area contributed by atoms with Crippen LogP contribution in [0.4, 0.5) is 5.82 Å². The predicted molar refractivity (Wildman–Crippen MR) is 56.8 cm³/mol. The van der Waals surface area contributed by atoms with Crippen LogP contribution in [0.5, 0.6) is 0 Å². The van der Waals surface area contributed by atoms with Crippen molar-refractivity contribution in [2.45, 2.75) is 6.54 Å². The maximum absolute atomic E-state index is 9.16. The van der Waals surface area contributed by atoms with E-state index in [1.165, 1.54) is 6.07 Å². The van der Waals surface area contributed by atoms with Gasteiger partial charge < -0.3 is 10.5 Å². The number of hydrogen-bond donors (Lipinski definition) is 3. The Morgan fingerprint density at radius 2 is 2.19 bits per heavy atom. The van der Waals surface area contributed by atoms with Crippen molar-refractivity contribution in [2.24, 2.45) is 0 Å². The summed E-state index contributed by atoms with van der Waals surface area (Å²) in [7, 11) is 0. The van der Waals surface area contributed by atoms with Gasteiger partial charge in [0.25, 0.3) is 0 Å². The number of hydrogen-bond acceptors (Lipinski definition) is 5. The summed E-state index contributed by atoms with van der Waals surface area (Å²) in [6.07, 6.45) is 1.71. The first-order chi connectivity index (χ1) is 7.75. The second kappa shape index (κ2) is 4.43. The van der Waals surface area contributed by atoms with Crippen molar-refractivity contribution in [1.29, 1.82) is 5.41 Å². The van der Waals surface area contributed by atoms with Gasteiger partial charge in [0.1, 0.15) is 5.82 Å². The zero-order valence-electron chi connectivity index (χ0n) is 8.46. The van der Waals surface area contributed by atoms with E-state index in [0.717, 1.165) is 5.69 Å². The molecule has 0 radical (unpaired) electrons. The van der Waals surface area contributed by atoms with E-state index in [1.807, 2.05) is 18.2 Å². The van der Waals surface area contributed by atoms with Gasteiger partial charge in [0, 0.05) is 6.20 Å². The van der Waals surface area contributed by atoms with E-state index >= 15 is 0 Å². The minimum Gasteiger partial charge on any atom is -0.410 e. The molecule has 2 rings (SSSR count). The van der Waals surface area contributed by atoms with Crippen molar-refractivity contribution in [3.05, 3.63) is 47.7 Å². The van der Waals surface area contributed by atoms with E-state index in [1.54, 1.807) is 12.3 Å². The summed E-state index contributed by atoms with van der Waals surface area (Å²) in [5, 5.41) is 23.1. The van der Waals surface area contributed by atoms with Gasteiger partial charge in [-0.05, 0) is 24.3 Å². The highest BCUT2D eigenvalue weighted by Crippen LogP contribution is 2.00. The molecule has 6 nitrogen and oxygen atoms in total. The van der Waals surface area contributed by atoms with Crippen molar-refractivity contribution in [3.8, 4) is 0 Å². The molecule has 0 atom stereocenters. The van der Waals surface area contributed by atoms with Crippen molar-refractivity contribution in [2.75, 3.05) is 5.32 Å². The van der Waals surface area contributed by atoms with Gasteiger partial charge in [-0.25, -0.2) is 0 Å². The lowest BCUT2D eigenvalue weighted by Crippen LogP contribution is -2.20. The average Bonchev–Trinajstić information content (AvgIpc) is 2.32. The van der Waals surface area contributed by atoms with Crippen molar-refractivity contribution < 1.29 is 5.21 Å². The first-order valence-electron chi connectivity index (χ1n) is 4.74. The molecule has 0 amide bonds. The number of rotatable bonds is 3. The number of nitrogens with zero attached hydrogens (tertiary/aromatic N) is 3. The smallest absolute Gasteiger partial charge is 0.182 e. The van der Waals surface area contributed by atoms with Crippen LogP contribution in [-0.4, -0.2) is 20.1 Å². The number of nitrogens with one attached hydrogen (secondary N) is 2. The largest absolute Gasteiger partial charge is 0.410 e. The Morgan fingerprint density at radius 1 is 1.31 bits per heavy atom. The number of aromatic nitrogens is 3. The Bertz CT molecular complexity index is 522. The van der Waals surface area contributed by atoms with Crippen LogP contribution < -0.4 is 10.8 Å². The molecule has 0 aliphatic carbocycles. The minimum absolute atomic E-state index is 0.0663. The molecule has 0 bridgehead atoms. The van der Waals surface area contributed by atoms with Crippen molar-refractivity contribution >= 4 is 5.82 Å². The van der Waals surface area contributed by atoms with Crippen LogP contribution in [0.1, 0.15) is 5.69 Å². The lowest BCUT2D eigenvalue weighted by Gasteiger charge is -2.05. The molecule has 0 spiro atoms.